The van der Waals surface area contributed by atoms with Crippen molar-refractivity contribution in [2.45, 2.75) is 33.1 Å². The fourth-order valence-corrected chi connectivity index (χ4v) is 2.79. The summed E-state index contributed by atoms with van der Waals surface area (Å²) in [6.07, 6.45) is 2.26. The molecule has 0 unspecified atom stereocenters. The molecular formula is C12H25NO3S2. The van der Waals surface area contributed by atoms with E-state index in [0.29, 0.717) is 13.0 Å². The molecule has 0 aromatic carbocycles. The van der Waals surface area contributed by atoms with Gasteiger partial charge in [-0.25, -0.2) is 0 Å². The summed E-state index contributed by atoms with van der Waals surface area (Å²) in [5.41, 5.74) is 0. The van der Waals surface area contributed by atoms with Gasteiger partial charge in [0.15, 0.2) is 0 Å². The SMILES string of the molecule is CCNCCSSCOCCCCC(=O)OCC. The lowest BCUT2D eigenvalue weighted by Crippen LogP contribution is -2.15. The number of hydrogen-bond donors (Lipinski definition) is 1. The van der Waals surface area contributed by atoms with Crippen molar-refractivity contribution in [1.82, 2.24) is 5.32 Å². The van der Waals surface area contributed by atoms with Crippen LogP contribution >= 0.6 is 21.6 Å². The molecule has 0 aliphatic rings. The molecule has 0 aromatic heterocycles. The zero-order valence-electron chi connectivity index (χ0n) is 11.4. The molecule has 0 spiro atoms. The molecule has 0 rings (SSSR count). The molecule has 0 radical (unpaired) electrons. The van der Waals surface area contributed by atoms with Gasteiger partial charge in [-0.15, -0.1) is 0 Å². The summed E-state index contributed by atoms with van der Waals surface area (Å²) in [6.45, 7) is 7.20. The molecule has 0 heterocycles. The van der Waals surface area contributed by atoms with Crippen molar-refractivity contribution in [2.24, 2.45) is 0 Å². The van der Waals surface area contributed by atoms with Gasteiger partial charge in [-0.2, -0.15) is 0 Å². The molecular weight excluding hydrogens is 270 g/mol. The minimum Gasteiger partial charge on any atom is -0.466 e. The van der Waals surface area contributed by atoms with Crippen LogP contribution in [0.3, 0.4) is 0 Å². The van der Waals surface area contributed by atoms with Crippen LogP contribution in [-0.2, 0) is 14.3 Å². The van der Waals surface area contributed by atoms with Gasteiger partial charge in [0.1, 0.15) is 5.94 Å². The second-order valence-corrected chi connectivity index (χ2v) is 6.11. The van der Waals surface area contributed by atoms with E-state index in [1.807, 2.05) is 17.7 Å². The molecule has 0 atom stereocenters. The van der Waals surface area contributed by atoms with Gasteiger partial charge >= 0.3 is 5.97 Å². The van der Waals surface area contributed by atoms with Crippen LogP contribution in [0.2, 0.25) is 0 Å². The van der Waals surface area contributed by atoms with E-state index >= 15 is 0 Å². The number of unbranched alkanes of at least 4 members (excludes halogenated alkanes) is 1. The maximum absolute atomic E-state index is 11.0. The summed E-state index contributed by atoms with van der Waals surface area (Å²) in [6, 6.07) is 0. The van der Waals surface area contributed by atoms with E-state index in [9.17, 15) is 4.79 Å². The normalized spacial score (nSPS) is 10.6. The Morgan fingerprint density at radius 3 is 2.78 bits per heavy atom. The molecule has 18 heavy (non-hydrogen) atoms. The van der Waals surface area contributed by atoms with Gasteiger partial charge in [0.25, 0.3) is 0 Å². The molecule has 4 nitrogen and oxygen atoms in total. The zero-order valence-corrected chi connectivity index (χ0v) is 13.0. The average Bonchev–Trinajstić information content (AvgIpc) is 2.36. The lowest BCUT2D eigenvalue weighted by Gasteiger charge is -2.04. The van der Waals surface area contributed by atoms with E-state index in [1.54, 1.807) is 10.8 Å². The number of carbonyl (C=O) groups excluding carboxylic acids is 1. The van der Waals surface area contributed by atoms with Crippen molar-refractivity contribution in [1.29, 1.82) is 0 Å². The van der Waals surface area contributed by atoms with Crippen LogP contribution < -0.4 is 5.32 Å². The standard InChI is InChI=1S/C12H25NO3S2/c1-3-13-8-10-17-18-11-15-9-6-5-7-12(14)16-4-2/h13H,3-11H2,1-2H3. The first-order valence-corrected chi connectivity index (χ1v) is 8.98. The van der Waals surface area contributed by atoms with Crippen molar-refractivity contribution < 1.29 is 14.3 Å². The highest BCUT2D eigenvalue weighted by Crippen LogP contribution is 2.20. The Morgan fingerprint density at radius 1 is 1.22 bits per heavy atom. The highest BCUT2D eigenvalue weighted by atomic mass is 33.1. The molecule has 6 heteroatoms. The molecule has 0 aliphatic heterocycles. The quantitative estimate of drug-likeness (QED) is 0.244. The lowest BCUT2D eigenvalue weighted by atomic mass is 10.2. The molecule has 0 aromatic rings. The van der Waals surface area contributed by atoms with Crippen molar-refractivity contribution in [3.8, 4) is 0 Å². The van der Waals surface area contributed by atoms with Crippen molar-refractivity contribution in [2.75, 3.05) is 38.0 Å². The predicted molar refractivity (Wildman–Crippen MR) is 79.9 cm³/mol. The second-order valence-electron chi connectivity index (χ2n) is 3.58. The molecule has 0 saturated heterocycles. The van der Waals surface area contributed by atoms with E-state index < -0.39 is 0 Å². The van der Waals surface area contributed by atoms with E-state index in [1.165, 1.54) is 0 Å². The number of nitrogens with one attached hydrogen (secondary N) is 1. The summed E-state index contributed by atoms with van der Waals surface area (Å²) < 4.78 is 10.3. The molecule has 108 valence electrons. The van der Waals surface area contributed by atoms with Crippen LogP contribution in [0.1, 0.15) is 33.1 Å². The third-order valence-corrected chi connectivity index (χ3v) is 4.14. The topological polar surface area (TPSA) is 47.6 Å². The predicted octanol–water partition coefficient (Wildman–Crippen LogP) is 2.68. The minimum absolute atomic E-state index is 0.106. The van der Waals surface area contributed by atoms with E-state index in [0.717, 1.165) is 44.2 Å². The van der Waals surface area contributed by atoms with Gasteiger partial charge in [0.2, 0.25) is 0 Å². The van der Waals surface area contributed by atoms with Gasteiger partial charge in [-0.1, -0.05) is 28.5 Å². The highest BCUT2D eigenvalue weighted by Gasteiger charge is 2.00. The Labute approximate surface area is 118 Å². The van der Waals surface area contributed by atoms with Crippen LogP contribution in [0.5, 0.6) is 0 Å². The van der Waals surface area contributed by atoms with Crippen LogP contribution in [0.15, 0.2) is 0 Å². The Bertz CT molecular complexity index is 194. The van der Waals surface area contributed by atoms with Crippen molar-refractivity contribution in [3.05, 3.63) is 0 Å². The van der Waals surface area contributed by atoms with Crippen LogP contribution in [0.4, 0.5) is 0 Å². The minimum atomic E-state index is -0.106. The zero-order chi connectivity index (χ0) is 13.5. The fraction of sp³-hybridized carbons (Fsp3) is 0.917. The van der Waals surface area contributed by atoms with Gasteiger partial charge in [0, 0.05) is 25.3 Å². The Hall–Kier alpha value is 0.0900. The fourth-order valence-electron chi connectivity index (χ4n) is 1.18. The largest absolute Gasteiger partial charge is 0.466 e. The first kappa shape index (κ1) is 18.1. The van der Waals surface area contributed by atoms with Crippen LogP contribution in [-0.4, -0.2) is 44.0 Å². The smallest absolute Gasteiger partial charge is 0.305 e. The summed E-state index contributed by atoms with van der Waals surface area (Å²) >= 11 is 0. The van der Waals surface area contributed by atoms with Gasteiger partial charge < -0.3 is 14.8 Å². The van der Waals surface area contributed by atoms with Crippen molar-refractivity contribution >= 4 is 27.6 Å². The molecule has 0 saturated carbocycles. The molecule has 1 N–H and O–H groups in total. The molecule has 0 aliphatic carbocycles. The summed E-state index contributed by atoms with van der Waals surface area (Å²) in [4.78, 5) is 11.0. The van der Waals surface area contributed by atoms with E-state index in [2.05, 4.69) is 12.2 Å². The third kappa shape index (κ3) is 14.2. The Balaban J connectivity index is 3.01. The number of hydrogen-bond acceptors (Lipinski definition) is 6. The molecule has 0 amide bonds. The first-order valence-electron chi connectivity index (χ1n) is 6.49. The van der Waals surface area contributed by atoms with Crippen molar-refractivity contribution in [3.63, 3.8) is 0 Å². The third-order valence-electron chi connectivity index (χ3n) is 2.05. The van der Waals surface area contributed by atoms with Crippen LogP contribution in [0, 0.1) is 0 Å². The maximum Gasteiger partial charge on any atom is 0.305 e. The lowest BCUT2D eigenvalue weighted by molar-refractivity contribution is -0.143. The second kappa shape index (κ2) is 15.1. The summed E-state index contributed by atoms with van der Waals surface area (Å²) in [5, 5.41) is 3.27. The summed E-state index contributed by atoms with van der Waals surface area (Å²) in [5.74, 6) is 1.71. The summed E-state index contributed by atoms with van der Waals surface area (Å²) in [7, 11) is 3.56. The Kier molecular flexibility index (Phi) is 15.2. The van der Waals surface area contributed by atoms with E-state index in [4.69, 9.17) is 9.47 Å². The number of esters is 1. The van der Waals surface area contributed by atoms with Gasteiger partial charge in [-0.05, 0) is 26.3 Å². The van der Waals surface area contributed by atoms with Crippen LogP contribution in [0.25, 0.3) is 0 Å². The average molecular weight is 295 g/mol. The van der Waals surface area contributed by atoms with E-state index in [-0.39, 0.29) is 5.97 Å². The van der Waals surface area contributed by atoms with Gasteiger partial charge in [-0.3, -0.25) is 4.79 Å². The van der Waals surface area contributed by atoms with Gasteiger partial charge in [0.05, 0.1) is 6.61 Å². The maximum atomic E-state index is 11.0. The monoisotopic (exact) mass is 295 g/mol. The first-order chi connectivity index (χ1) is 8.81. The Morgan fingerprint density at radius 2 is 2.06 bits per heavy atom. The highest BCUT2D eigenvalue weighted by molar-refractivity contribution is 8.76. The number of ether oxygens (including phenoxy) is 2. The molecule has 0 bridgehead atoms. The molecule has 0 fully saturated rings. The number of carbonyl (C=O) groups is 1. The number of rotatable bonds is 13.